The summed E-state index contributed by atoms with van der Waals surface area (Å²) < 4.78 is 23.6. The summed E-state index contributed by atoms with van der Waals surface area (Å²) in [7, 11) is 0. The first-order valence-corrected chi connectivity index (χ1v) is 18.8. The fourth-order valence-corrected chi connectivity index (χ4v) is 7.75. The van der Waals surface area contributed by atoms with Crippen LogP contribution in [0.5, 0.6) is 11.5 Å². The summed E-state index contributed by atoms with van der Waals surface area (Å²) in [6.45, 7) is 12.3. The quantitative estimate of drug-likeness (QED) is 0.198. The molecule has 1 aromatic rings. The molecule has 4 aliphatic heterocycles. The topological polar surface area (TPSA) is 259 Å². The number of ketones is 2. The maximum Gasteiger partial charge on any atom is 0.345 e. The van der Waals surface area contributed by atoms with Crippen molar-refractivity contribution in [2.45, 2.75) is 129 Å². The zero-order valence-electron chi connectivity index (χ0n) is 32.6. The molecule has 16 nitrogen and oxygen atoms in total. The lowest BCUT2D eigenvalue weighted by molar-refractivity contribution is -0.268. The highest BCUT2D eigenvalue weighted by Crippen LogP contribution is 2.45. The Labute approximate surface area is 324 Å². The van der Waals surface area contributed by atoms with E-state index in [-0.39, 0.29) is 24.0 Å². The minimum absolute atomic E-state index is 0.0939. The third kappa shape index (κ3) is 8.07. The van der Waals surface area contributed by atoms with Crippen molar-refractivity contribution in [3.63, 3.8) is 0 Å². The molecule has 5 aliphatic rings. The molecule has 0 saturated carbocycles. The summed E-state index contributed by atoms with van der Waals surface area (Å²) in [5.74, 6) is -9.61. The van der Waals surface area contributed by atoms with Gasteiger partial charge in [-0.25, -0.2) is 4.79 Å². The molecule has 8 N–H and O–H groups in total. The van der Waals surface area contributed by atoms with Gasteiger partial charge in [-0.2, -0.15) is 0 Å². The summed E-state index contributed by atoms with van der Waals surface area (Å²) in [4.78, 5) is 55.6. The first kappa shape index (κ1) is 43.1. The lowest BCUT2D eigenvalue weighted by Crippen LogP contribution is -2.58. The molecule has 308 valence electrons. The second-order valence-electron chi connectivity index (χ2n) is 15.8. The number of benzene rings is 1. The van der Waals surface area contributed by atoms with Gasteiger partial charge in [-0.15, -0.1) is 0 Å². The second kappa shape index (κ2) is 16.5. The van der Waals surface area contributed by atoms with Gasteiger partial charge in [0.2, 0.25) is 17.9 Å². The number of aliphatic hydroxyl groups is 6. The number of Topliss-reactive ketones (excluding diaryl/α,β-unsaturated/α-hetero) is 1. The number of rotatable bonds is 2. The fraction of sp³-hybridized carbons (Fsp3) is 0.600. The van der Waals surface area contributed by atoms with E-state index in [0.717, 1.165) is 6.08 Å². The molecule has 1 aromatic carbocycles. The van der Waals surface area contributed by atoms with Crippen molar-refractivity contribution >= 4 is 23.4 Å². The van der Waals surface area contributed by atoms with Crippen molar-refractivity contribution in [1.29, 1.82) is 0 Å². The van der Waals surface area contributed by atoms with Crippen LogP contribution in [0.4, 0.5) is 0 Å². The van der Waals surface area contributed by atoms with Gasteiger partial charge in [-0.3, -0.25) is 14.4 Å². The molecule has 0 spiro atoms. The summed E-state index contributed by atoms with van der Waals surface area (Å²) >= 11 is 0. The Hall–Kier alpha value is -4.00. The molecule has 6 rings (SSSR count). The van der Waals surface area contributed by atoms with Crippen molar-refractivity contribution in [3.8, 4) is 11.5 Å². The largest absolute Gasteiger partial charge is 0.507 e. The van der Waals surface area contributed by atoms with Gasteiger partial charge in [-0.1, -0.05) is 45.9 Å². The van der Waals surface area contributed by atoms with Gasteiger partial charge in [-0.05, 0) is 27.2 Å². The minimum atomic E-state index is -1.88. The molecular weight excluding hydrogens is 734 g/mol. The zero-order valence-corrected chi connectivity index (χ0v) is 32.6. The van der Waals surface area contributed by atoms with Gasteiger partial charge in [0.05, 0.1) is 47.3 Å². The lowest BCUT2D eigenvalue weighted by atomic mass is 9.78. The predicted octanol–water partition coefficient (Wildman–Crippen LogP) is 1.48. The number of aliphatic hydroxyl groups excluding tert-OH is 6. The number of esters is 1. The van der Waals surface area contributed by atoms with Crippen molar-refractivity contribution in [2.24, 2.45) is 23.7 Å². The molecule has 6 bridgehead atoms. The van der Waals surface area contributed by atoms with Crippen LogP contribution in [0.1, 0.15) is 97.9 Å². The molecule has 0 radical (unpaired) electrons. The Bertz CT molecular complexity index is 1840. The Kier molecular flexibility index (Phi) is 12.7. The number of carbonyl (C=O) groups is 4. The number of hydrogen-bond acceptors (Lipinski definition) is 15. The van der Waals surface area contributed by atoms with Crippen molar-refractivity contribution in [1.82, 2.24) is 5.32 Å². The summed E-state index contributed by atoms with van der Waals surface area (Å²) in [6, 6.07) is 0. The second-order valence-corrected chi connectivity index (χ2v) is 15.8. The molecule has 56 heavy (non-hydrogen) atoms. The van der Waals surface area contributed by atoms with E-state index in [1.54, 1.807) is 33.8 Å². The van der Waals surface area contributed by atoms with Gasteiger partial charge in [0, 0.05) is 54.2 Å². The number of nitrogens with one attached hydrogen (secondary N) is 1. The third-order valence-electron chi connectivity index (χ3n) is 11.7. The van der Waals surface area contributed by atoms with E-state index in [9.17, 15) is 54.9 Å². The molecule has 16 heteroatoms. The normalized spacial score (nSPS) is 40.3. The van der Waals surface area contributed by atoms with Crippen molar-refractivity contribution in [2.75, 3.05) is 0 Å². The van der Waals surface area contributed by atoms with Crippen LogP contribution in [0.3, 0.4) is 0 Å². The number of aromatic hydroxyl groups is 1. The SMILES string of the molecule is C/C1=C\C=C\[C@H](C)[C@H](O)[C@@H](C)[C@@H](O)[C@@H](C)[C@H](O)[C@H](C)[C@@H]2CC[C@](C)(OC(=O)c3c(O[C@@H]4O[C@@H](C)[C@H](O)[C@@H](O)[C@H]4O)c(C)c(O)c4c3C(=O)C=C(NC1=O)C4=O)O2. The number of allylic oxidation sites excluding steroid dienone is 4. The number of amides is 1. The molecule has 0 aromatic heterocycles. The van der Waals surface area contributed by atoms with E-state index in [1.165, 1.54) is 39.8 Å². The average molecular weight is 788 g/mol. The molecule has 1 aliphatic carbocycles. The maximum absolute atomic E-state index is 14.4. The minimum Gasteiger partial charge on any atom is -0.507 e. The molecule has 2 saturated heterocycles. The first-order chi connectivity index (χ1) is 26.1. The van der Waals surface area contributed by atoms with Gasteiger partial charge in [0.25, 0.3) is 5.91 Å². The zero-order chi connectivity index (χ0) is 41.7. The number of hydrogen-bond donors (Lipinski definition) is 8. The fourth-order valence-electron chi connectivity index (χ4n) is 7.75. The monoisotopic (exact) mass is 787 g/mol. The number of carbonyl (C=O) groups excluding carboxylic acids is 4. The lowest BCUT2D eigenvalue weighted by Gasteiger charge is -2.39. The smallest absolute Gasteiger partial charge is 0.345 e. The Balaban J connectivity index is 1.63. The van der Waals surface area contributed by atoms with E-state index in [1.807, 2.05) is 0 Å². The van der Waals surface area contributed by atoms with Crippen LogP contribution in [0.25, 0.3) is 0 Å². The van der Waals surface area contributed by atoms with Gasteiger partial charge in [0.15, 0.2) is 5.78 Å². The van der Waals surface area contributed by atoms with Crippen LogP contribution in [-0.4, -0.2) is 120 Å². The van der Waals surface area contributed by atoms with E-state index >= 15 is 0 Å². The summed E-state index contributed by atoms with van der Waals surface area (Å²) in [5, 5.41) is 79.1. The highest BCUT2D eigenvalue weighted by Gasteiger charge is 2.48. The van der Waals surface area contributed by atoms with E-state index in [4.69, 9.17) is 18.9 Å². The van der Waals surface area contributed by atoms with Crippen LogP contribution < -0.4 is 10.1 Å². The standard InChI is InChI=1S/C40H53NO15/c1-15-10-9-11-16(2)37(51)41-22-14-23(42)25-26(33(22)48)31(46)20(6)36(54-39-35(50)34(49)32(47)21(7)53-39)27(25)38(52)56-40(8)13-12-24(55-40)17(3)29(44)19(5)30(45)18(4)28(15)43/h9-11,14-15,17-19,21,24,28-30,32,34-35,39,43-47,49-50H,12-13H2,1-8H3,(H,41,51)/b10-9+,16-11+/t15-,17+,18+,19-,21-,24-,28-,29+,30+,32-,34+,35+,39-,40-/m0/s1. The van der Waals surface area contributed by atoms with Crippen molar-refractivity contribution in [3.05, 3.63) is 57.8 Å². The Morgan fingerprint density at radius 3 is 2.09 bits per heavy atom. The summed E-state index contributed by atoms with van der Waals surface area (Å²) in [6.07, 6.45) is -6.24. The maximum atomic E-state index is 14.4. The molecule has 4 heterocycles. The number of fused-ring (bicyclic) bond motifs is 12. The molecule has 14 atom stereocenters. The van der Waals surface area contributed by atoms with Gasteiger partial charge < -0.3 is 60.0 Å². The molecule has 2 fully saturated rings. The van der Waals surface area contributed by atoms with Crippen LogP contribution in [0.15, 0.2) is 35.6 Å². The van der Waals surface area contributed by atoms with Crippen molar-refractivity contribution < 1.29 is 73.9 Å². The van der Waals surface area contributed by atoms with Crippen LogP contribution in [0.2, 0.25) is 0 Å². The third-order valence-corrected chi connectivity index (χ3v) is 11.7. The average Bonchev–Trinajstić information content (AvgIpc) is 3.54. The van der Waals surface area contributed by atoms with Crippen LogP contribution >= 0.6 is 0 Å². The Morgan fingerprint density at radius 2 is 1.43 bits per heavy atom. The first-order valence-electron chi connectivity index (χ1n) is 18.8. The highest BCUT2D eigenvalue weighted by atomic mass is 16.7. The number of ether oxygens (including phenoxy) is 4. The molecular formula is C40H53NO15. The van der Waals surface area contributed by atoms with Crippen LogP contribution in [-0.2, 0) is 19.0 Å². The van der Waals surface area contributed by atoms with E-state index in [0.29, 0.717) is 0 Å². The molecule has 0 unspecified atom stereocenters. The van der Waals surface area contributed by atoms with Gasteiger partial charge in [0.1, 0.15) is 35.4 Å². The summed E-state index contributed by atoms with van der Waals surface area (Å²) in [5.41, 5.74) is -2.63. The Morgan fingerprint density at radius 1 is 0.804 bits per heavy atom. The molecule has 1 amide bonds. The van der Waals surface area contributed by atoms with Crippen LogP contribution in [0, 0.1) is 30.6 Å². The van der Waals surface area contributed by atoms with E-state index in [2.05, 4.69) is 5.32 Å². The number of phenols is 1. The highest BCUT2D eigenvalue weighted by molar-refractivity contribution is 6.29. The van der Waals surface area contributed by atoms with Gasteiger partial charge >= 0.3 is 5.97 Å². The number of phenolic OH excluding ortho intramolecular Hbond substituents is 1. The van der Waals surface area contributed by atoms with E-state index < -0.39 is 142 Å². The predicted molar refractivity (Wildman–Crippen MR) is 196 cm³/mol.